The first kappa shape index (κ1) is 17.5. The zero-order valence-electron chi connectivity index (χ0n) is 13.6. The van der Waals surface area contributed by atoms with Gasteiger partial charge in [-0.3, -0.25) is 9.59 Å². The van der Waals surface area contributed by atoms with E-state index in [0.717, 1.165) is 0 Å². The van der Waals surface area contributed by atoms with Gasteiger partial charge < -0.3 is 15.4 Å². The predicted molar refractivity (Wildman–Crippen MR) is 89.2 cm³/mol. The number of hydrogen-bond acceptors (Lipinski definition) is 3. The van der Waals surface area contributed by atoms with Crippen LogP contribution in [0.25, 0.3) is 0 Å². The quantitative estimate of drug-likeness (QED) is 0.856. The number of carbonyl (C=O) groups is 2. The molecule has 0 bridgehead atoms. The van der Waals surface area contributed by atoms with Gasteiger partial charge in [0.2, 0.25) is 11.8 Å². The molecule has 0 aliphatic rings. The minimum Gasteiger partial charge on any atom is -0.496 e. The van der Waals surface area contributed by atoms with E-state index in [1.165, 1.54) is 20.1 Å². The lowest BCUT2D eigenvalue weighted by atomic mass is 10.1. The summed E-state index contributed by atoms with van der Waals surface area (Å²) in [6.45, 7) is 1.63. The zero-order valence-corrected chi connectivity index (χ0v) is 13.6. The summed E-state index contributed by atoms with van der Waals surface area (Å²) in [6.07, 6.45) is -0.0413. The number of benzene rings is 2. The second-order valence-electron chi connectivity index (χ2n) is 5.25. The molecule has 0 fully saturated rings. The second-order valence-corrected chi connectivity index (χ2v) is 5.25. The summed E-state index contributed by atoms with van der Waals surface area (Å²) in [7, 11) is 1.53. The lowest BCUT2D eigenvalue weighted by Crippen LogP contribution is -2.25. The van der Waals surface area contributed by atoms with Crippen LogP contribution in [0.2, 0.25) is 0 Å². The van der Waals surface area contributed by atoms with Crippen LogP contribution in [-0.4, -0.2) is 18.9 Å². The Hall–Kier alpha value is -2.89. The van der Waals surface area contributed by atoms with Crippen molar-refractivity contribution < 1.29 is 18.7 Å². The van der Waals surface area contributed by atoms with Gasteiger partial charge in [-0.15, -0.1) is 0 Å². The summed E-state index contributed by atoms with van der Waals surface area (Å²) in [6, 6.07) is 11.3. The summed E-state index contributed by atoms with van der Waals surface area (Å²) in [5.74, 6) is -0.296. The van der Waals surface area contributed by atoms with Gasteiger partial charge in [0.15, 0.2) is 0 Å². The molecule has 0 spiro atoms. The number of methoxy groups -OCH3 is 1. The molecule has 0 saturated carbocycles. The molecule has 126 valence electrons. The molecule has 0 heterocycles. The standard InChI is InChI=1S/C18H19FN2O3/c1-12(22)21-15-7-8-17(24-2)14(9-15)11-20-18(23)10-13-5-3-4-6-16(13)19/h3-9H,10-11H2,1-2H3,(H,20,23)(H,21,22). The van der Waals surface area contributed by atoms with Gasteiger partial charge in [0.1, 0.15) is 11.6 Å². The Morgan fingerprint density at radius 1 is 1.12 bits per heavy atom. The van der Waals surface area contributed by atoms with Gasteiger partial charge in [-0.1, -0.05) is 18.2 Å². The van der Waals surface area contributed by atoms with E-state index in [9.17, 15) is 14.0 Å². The third kappa shape index (κ3) is 4.81. The first-order chi connectivity index (χ1) is 11.5. The molecule has 2 amide bonds. The number of amides is 2. The monoisotopic (exact) mass is 330 g/mol. The molecule has 2 rings (SSSR count). The second kappa shape index (κ2) is 8.10. The molecule has 2 N–H and O–H groups in total. The van der Waals surface area contributed by atoms with E-state index in [1.54, 1.807) is 36.4 Å². The molecule has 2 aromatic rings. The lowest BCUT2D eigenvalue weighted by molar-refractivity contribution is -0.120. The van der Waals surface area contributed by atoms with Gasteiger partial charge in [0.05, 0.1) is 13.5 Å². The minimum absolute atomic E-state index is 0.0413. The van der Waals surface area contributed by atoms with Crippen LogP contribution in [0.15, 0.2) is 42.5 Å². The van der Waals surface area contributed by atoms with Crippen LogP contribution in [0, 0.1) is 5.82 Å². The van der Waals surface area contributed by atoms with Crippen molar-refractivity contribution >= 4 is 17.5 Å². The van der Waals surface area contributed by atoms with Crippen molar-refractivity contribution in [2.45, 2.75) is 19.9 Å². The molecule has 0 saturated heterocycles. The summed E-state index contributed by atoms with van der Waals surface area (Å²) in [5, 5.41) is 5.41. The molecule has 0 aromatic heterocycles. The van der Waals surface area contributed by atoms with Gasteiger partial charge in [0, 0.05) is 24.7 Å². The maximum atomic E-state index is 13.6. The Labute approximate surface area is 139 Å². The van der Waals surface area contributed by atoms with Crippen molar-refractivity contribution in [3.63, 3.8) is 0 Å². The van der Waals surface area contributed by atoms with Crippen LogP contribution >= 0.6 is 0 Å². The number of ether oxygens (including phenoxy) is 1. The van der Waals surface area contributed by atoms with Gasteiger partial charge in [-0.25, -0.2) is 4.39 Å². The normalized spacial score (nSPS) is 10.1. The fourth-order valence-corrected chi connectivity index (χ4v) is 2.27. The molecule has 0 aliphatic heterocycles. The van der Waals surface area contributed by atoms with E-state index in [4.69, 9.17) is 4.74 Å². The van der Waals surface area contributed by atoms with Crippen molar-refractivity contribution in [3.8, 4) is 5.75 Å². The van der Waals surface area contributed by atoms with Crippen molar-refractivity contribution in [2.24, 2.45) is 0 Å². The largest absolute Gasteiger partial charge is 0.496 e. The Morgan fingerprint density at radius 3 is 2.54 bits per heavy atom. The van der Waals surface area contributed by atoms with E-state index >= 15 is 0 Å². The highest BCUT2D eigenvalue weighted by atomic mass is 19.1. The molecule has 5 nitrogen and oxygen atoms in total. The van der Waals surface area contributed by atoms with E-state index in [0.29, 0.717) is 22.6 Å². The molecule has 2 aromatic carbocycles. The van der Waals surface area contributed by atoms with E-state index in [1.807, 2.05) is 0 Å². The fraction of sp³-hybridized carbons (Fsp3) is 0.222. The number of anilines is 1. The van der Waals surface area contributed by atoms with E-state index in [-0.39, 0.29) is 24.8 Å². The molecular formula is C18H19FN2O3. The van der Waals surface area contributed by atoms with E-state index < -0.39 is 5.82 Å². The average molecular weight is 330 g/mol. The van der Waals surface area contributed by atoms with Gasteiger partial charge in [-0.2, -0.15) is 0 Å². The Balaban J connectivity index is 2.03. The number of nitrogens with one attached hydrogen (secondary N) is 2. The highest BCUT2D eigenvalue weighted by Crippen LogP contribution is 2.22. The number of halogens is 1. The summed E-state index contributed by atoms with van der Waals surface area (Å²) >= 11 is 0. The van der Waals surface area contributed by atoms with Gasteiger partial charge in [-0.05, 0) is 29.8 Å². The minimum atomic E-state index is -0.405. The van der Waals surface area contributed by atoms with E-state index in [2.05, 4.69) is 10.6 Å². The Bertz CT molecular complexity index is 747. The van der Waals surface area contributed by atoms with Gasteiger partial charge >= 0.3 is 0 Å². The van der Waals surface area contributed by atoms with Crippen molar-refractivity contribution in [1.82, 2.24) is 5.32 Å². The zero-order chi connectivity index (χ0) is 17.5. The van der Waals surface area contributed by atoms with Crippen LogP contribution in [0.3, 0.4) is 0 Å². The summed E-state index contributed by atoms with van der Waals surface area (Å²) < 4.78 is 18.8. The smallest absolute Gasteiger partial charge is 0.224 e. The van der Waals surface area contributed by atoms with Crippen molar-refractivity contribution in [1.29, 1.82) is 0 Å². The molecule has 0 aliphatic carbocycles. The summed E-state index contributed by atoms with van der Waals surface area (Å²) in [5.41, 5.74) is 1.67. The van der Waals surface area contributed by atoms with Crippen molar-refractivity contribution in [3.05, 3.63) is 59.4 Å². The molecule has 6 heteroatoms. The molecule has 0 unspecified atom stereocenters. The van der Waals surface area contributed by atoms with Crippen LogP contribution < -0.4 is 15.4 Å². The SMILES string of the molecule is COc1ccc(NC(C)=O)cc1CNC(=O)Cc1ccccc1F. The first-order valence-electron chi connectivity index (χ1n) is 7.44. The molecular weight excluding hydrogens is 311 g/mol. The fourth-order valence-electron chi connectivity index (χ4n) is 2.27. The highest BCUT2D eigenvalue weighted by molar-refractivity contribution is 5.88. The van der Waals surface area contributed by atoms with Crippen LogP contribution in [0.1, 0.15) is 18.1 Å². The number of carbonyl (C=O) groups excluding carboxylic acids is 2. The van der Waals surface area contributed by atoms with Crippen LogP contribution in [-0.2, 0) is 22.6 Å². The average Bonchev–Trinajstić information content (AvgIpc) is 2.55. The number of hydrogen-bond donors (Lipinski definition) is 2. The highest BCUT2D eigenvalue weighted by Gasteiger charge is 2.10. The third-order valence-corrected chi connectivity index (χ3v) is 3.39. The first-order valence-corrected chi connectivity index (χ1v) is 7.44. The predicted octanol–water partition coefficient (Wildman–Crippen LogP) is 2.65. The topological polar surface area (TPSA) is 67.4 Å². The molecule has 0 radical (unpaired) electrons. The Morgan fingerprint density at radius 2 is 1.88 bits per heavy atom. The Kier molecular flexibility index (Phi) is 5.89. The maximum Gasteiger partial charge on any atom is 0.224 e. The van der Waals surface area contributed by atoms with Crippen LogP contribution in [0.5, 0.6) is 5.75 Å². The van der Waals surface area contributed by atoms with Crippen molar-refractivity contribution in [2.75, 3.05) is 12.4 Å². The number of rotatable bonds is 6. The molecule has 0 atom stereocenters. The van der Waals surface area contributed by atoms with Crippen LogP contribution in [0.4, 0.5) is 10.1 Å². The summed E-state index contributed by atoms with van der Waals surface area (Å²) in [4.78, 5) is 23.1. The third-order valence-electron chi connectivity index (χ3n) is 3.39. The molecule has 24 heavy (non-hydrogen) atoms. The van der Waals surface area contributed by atoms with Gasteiger partial charge in [0.25, 0.3) is 0 Å². The maximum absolute atomic E-state index is 13.6. The lowest BCUT2D eigenvalue weighted by Gasteiger charge is -2.12.